The number of rotatable bonds is 12. The van der Waals surface area contributed by atoms with Crippen LogP contribution in [0.15, 0.2) is 58.4 Å². The number of para-hydroxylation sites is 1. The van der Waals surface area contributed by atoms with E-state index in [0.29, 0.717) is 40.4 Å². The number of ether oxygens (including phenoxy) is 5. The standard InChI is InChI=1S/C34H39N3O7/c1-9-42-28-15-21(5)26(18-25(28)20(3)4)32-36-27-14-12-11-13-24(27)33(38)37(32)35-19-23-16-29(40-7)31(30(17-23)41-8)44-22(6)34(39)43-10-2/h11-20,22H,9-10H2,1-8H3/t22-/m1/s1. The largest absolute Gasteiger partial charge is 0.494 e. The summed E-state index contributed by atoms with van der Waals surface area (Å²) in [5.74, 6) is 1.74. The van der Waals surface area contributed by atoms with Gasteiger partial charge in [0.15, 0.2) is 23.4 Å². The van der Waals surface area contributed by atoms with Crippen molar-refractivity contribution in [2.24, 2.45) is 5.10 Å². The Kier molecular flexibility index (Phi) is 10.3. The summed E-state index contributed by atoms with van der Waals surface area (Å²) in [5.41, 5.74) is 3.48. The number of hydrogen-bond acceptors (Lipinski definition) is 9. The lowest BCUT2D eigenvalue weighted by atomic mass is 9.96. The molecule has 0 unspecified atom stereocenters. The third-order valence-corrected chi connectivity index (χ3v) is 6.99. The summed E-state index contributed by atoms with van der Waals surface area (Å²) in [4.78, 5) is 30.9. The quantitative estimate of drug-likeness (QED) is 0.141. The second-order valence-corrected chi connectivity index (χ2v) is 10.4. The molecule has 0 saturated carbocycles. The summed E-state index contributed by atoms with van der Waals surface area (Å²) < 4.78 is 29.3. The van der Waals surface area contributed by atoms with Crippen molar-refractivity contribution in [2.45, 2.75) is 53.6 Å². The van der Waals surface area contributed by atoms with Crippen molar-refractivity contribution in [2.75, 3.05) is 27.4 Å². The summed E-state index contributed by atoms with van der Waals surface area (Å²) in [6, 6.07) is 14.5. The molecule has 44 heavy (non-hydrogen) atoms. The third kappa shape index (κ3) is 6.69. The number of nitrogens with zero attached hydrogens (tertiary/aromatic N) is 3. The minimum absolute atomic E-state index is 0.173. The molecule has 0 bridgehead atoms. The van der Waals surface area contributed by atoms with E-state index in [0.717, 1.165) is 22.4 Å². The van der Waals surface area contributed by atoms with Crippen molar-refractivity contribution in [3.05, 3.63) is 75.6 Å². The zero-order valence-electron chi connectivity index (χ0n) is 26.5. The van der Waals surface area contributed by atoms with Gasteiger partial charge in [-0.05, 0) is 81.1 Å². The molecule has 1 atom stereocenters. The predicted octanol–water partition coefficient (Wildman–Crippen LogP) is 6.12. The fraction of sp³-hybridized carbons (Fsp3) is 0.353. The van der Waals surface area contributed by atoms with E-state index < -0.39 is 12.1 Å². The lowest BCUT2D eigenvalue weighted by molar-refractivity contribution is -0.150. The van der Waals surface area contributed by atoms with Crippen LogP contribution in [-0.4, -0.2) is 55.4 Å². The van der Waals surface area contributed by atoms with Gasteiger partial charge < -0.3 is 23.7 Å². The van der Waals surface area contributed by atoms with Crippen LogP contribution in [-0.2, 0) is 9.53 Å². The van der Waals surface area contributed by atoms with Gasteiger partial charge >= 0.3 is 5.97 Å². The number of carbonyl (C=O) groups is 1. The predicted molar refractivity (Wildman–Crippen MR) is 171 cm³/mol. The molecule has 0 amide bonds. The van der Waals surface area contributed by atoms with E-state index in [4.69, 9.17) is 28.7 Å². The van der Waals surface area contributed by atoms with Gasteiger partial charge in [0.05, 0.1) is 44.6 Å². The van der Waals surface area contributed by atoms with Crippen LogP contribution >= 0.6 is 0 Å². The Labute approximate surface area is 257 Å². The van der Waals surface area contributed by atoms with Crippen LogP contribution in [0, 0.1) is 6.92 Å². The topological polar surface area (TPSA) is 110 Å². The first-order valence-corrected chi connectivity index (χ1v) is 14.6. The number of benzene rings is 3. The Morgan fingerprint density at radius 2 is 1.66 bits per heavy atom. The molecule has 0 spiro atoms. The highest BCUT2D eigenvalue weighted by atomic mass is 16.6. The number of aryl methyl sites for hydroxylation is 1. The van der Waals surface area contributed by atoms with Crippen molar-refractivity contribution in [1.29, 1.82) is 0 Å². The average Bonchev–Trinajstić information content (AvgIpc) is 3.01. The van der Waals surface area contributed by atoms with Crippen LogP contribution in [0.1, 0.15) is 57.2 Å². The summed E-state index contributed by atoms with van der Waals surface area (Å²) in [7, 11) is 2.96. The van der Waals surface area contributed by atoms with Crippen LogP contribution in [0.3, 0.4) is 0 Å². The van der Waals surface area contributed by atoms with E-state index in [9.17, 15) is 9.59 Å². The molecule has 0 saturated heterocycles. The van der Waals surface area contributed by atoms with Gasteiger partial charge in [0.2, 0.25) is 5.75 Å². The monoisotopic (exact) mass is 601 g/mol. The Hall–Kier alpha value is -4.86. The molecule has 0 radical (unpaired) electrons. The molecule has 10 heteroatoms. The van der Waals surface area contributed by atoms with E-state index in [1.165, 1.54) is 25.1 Å². The first-order chi connectivity index (χ1) is 21.1. The molecule has 3 aromatic carbocycles. The zero-order chi connectivity index (χ0) is 32.0. The lowest BCUT2D eigenvalue weighted by Crippen LogP contribution is -2.26. The van der Waals surface area contributed by atoms with Crippen molar-refractivity contribution in [1.82, 2.24) is 9.66 Å². The molecule has 0 aliphatic carbocycles. The smallest absolute Gasteiger partial charge is 0.347 e. The summed E-state index contributed by atoms with van der Waals surface area (Å²) in [6.45, 7) is 12.2. The van der Waals surface area contributed by atoms with Crippen molar-refractivity contribution < 1.29 is 28.5 Å². The van der Waals surface area contributed by atoms with E-state index in [-0.39, 0.29) is 23.8 Å². The summed E-state index contributed by atoms with van der Waals surface area (Å²) in [5, 5.41) is 5.07. The first-order valence-electron chi connectivity index (χ1n) is 14.6. The Morgan fingerprint density at radius 1 is 0.977 bits per heavy atom. The van der Waals surface area contributed by atoms with Gasteiger partial charge in [-0.3, -0.25) is 4.79 Å². The van der Waals surface area contributed by atoms with Crippen LogP contribution in [0.5, 0.6) is 23.0 Å². The van der Waals surface area contributed by atoms with Crippen molar-refractivity contribution in [3.8, 4) is 34.4 Å². The molecule has 0 aliphatic rings. The van der Waals surface area contributed by atoms with Gasteiger partial charge in [0.1, 0.15) is 5.75 Å². The van der Waals surface area contributed by atoms with Crippen LogP contribution < -0.4 is 24.5 Å². The van der Waals surface area contributed by atoms with Crippen molar-refractivity contribution >= 4 is 23.1 Å². The highest BCUT2D eigenvalue weighted by Crippen LogP contribution is 2.39. The number of carbonyl (C=O) groups excluding carboxylic acids is 1. The second kappa shape index (κ2) is 14.1. The normalized spacial score (nSPS) is 12.0. The number of aromatic nitrogens is 2. The number of methoxy groups -OCH3 is 2. The van der Waals surface area contributed by atoms with Gasteiger partial charge in [0, 0.05) is 11.1 Å². The number of hydrogen-bond donors (Lipinski definition) is 0. The van der Waals surface area contributed by atoms with E-state index >= 15 is 0 Å². The molecule has 232 valence electrons. The van der Waals surface area contributed by atoms with E-state index in [2.05, 4.69) is 18.9 Å². The van der Waals surface area contributed by atoms with E-state index in [1.54, 1.807) is 38.1 Å². The maximum atomic E-state index is 13.9. The maximum Gasteiger partial charge on any atom is 0.347 e. The SMILES string of the molecule is CCOC(=O)[C@@H](C)Oc1c(OC)cc(C=Nn2c(-c3cc(C(C)C)c(OCC)cc3C)nc3ccccc3c2=O)cc1OC. The zero-order valence-corrected chi connectivity index (χ0v) is 26.5. The molecule has 4 rings (SSSR count). The molecule has 0 fully saturated rings. The number of esters is 1. The number of fused-ring (bicyclic) bond motifs is 1. The Morgan fingerprint density at radius 3 is 2.27 bits per heavy atom. The minimum Gasteiger partial charge on any atom is -0.494 e. The van der Waals surface area contributed by atoms with Crippen LogP contribution in [0.4, 0.5) is 0 Å². The molecular weight excluding hydrogens is 562 g/mol. The molecule has 1 heterocycles. The first kappa shape index (κ1) is 32.1. The summed E-state index contributed by atoms with van der Waals surface area (Å²) >= 11 is 0. The Balaban J connectivity index is 1.87. The fourth-order valence-corrected chi connectivity index (χ4v) is 4.78. The fourth-order valence-electron chi connectivity index (χ4n) is 4.78. The molecular formula is C34H39N3O7. The van der Waals surface area contributed by atoms with Gasteiger partial charge in [-0.2, -0.15) is 9.78 Å². The highest BCUT2D eigenvalue weighted by molar-refractivity contribution is 5.84. The molecule has 1 aromatic heterocycles. The molecule has 10 nitrogen and oxygen atoms in total. The molecule has 0 N–H and O–H groups in total. The van der Waals surface area contributed by atoms with Crippen LogP contribution in [0.25, 0.3) is 22.3 Å². The summed E-state index contributed by atoms with van der Waals surface area (Å²) in [6.07, 6.45) is 0.633. The molecule has 0 aliphatic heterocycles. The second-order valence-electron chi connectivity index (χ2n) is 10.4. The van der Waals surface area contributed by atoms with Gasteiger partial charge in [-0.1, -0.05) is 26.0 Å². The molecule has 4 aromatic rings. The minimum atomic E-state index is -0.893. The van der Waals surface area contributed by atoms with Gasteiger partial charge in [-0.15, -0.1) is 0 Å². The maximum absolute atomic E-state index is 13.9. The Bertz CT molecular complexity index is 1720. The van der Waals surface area contributed by atoms with Gasteiger partial charge in [0.25, 0.3) is 5.56 Å². The van der Waals surface area contributed by atoms with Gasteiger partial charge in [-0.25, -0.2) is 9.78 Å². The lowest BCUT2D eigenvalue weighted by Gasteiger charge is -2.19. The third-order valence-electron chi connectivity index (χ3n) is 6.99. The van der Waals surface area contributed by atoms with E-state index in [1.807, 2.05) is 38.1 Å². The highest BCUT2D eigenvalue weighted by Gasteiger charge is 2.22. The average molecular weight is 602 g/mol. The van der Waals surface area contributed by atoms with Crippen LogP contribution in [0.2, 0.25) is 0 Å². The van der Waals surface area contributed by atoms with Crippen molar-refractivity contribution in [3.63, 3.8) is 0 Å².